The first-order chi connectivity index (χ1) is 18.1. The first-order valence-electron chi connectivity index (χ1n) is 14.8. The lowest BCUT2D eigenvalue weighted by Crippen LogP contribution is -2.61. The van der Waals surface area contributed by atoms with Gasteiger partial charge in [0.05, 0.1) is 5.57 Å². The van der Waals surface area contributed by atoms with Crippen molar-refractivity contribution in [3.05, 3.63) is 35.6 Å². The fraction of sp³-hybridized carbons (Fsp3) is 0.727. The number of rotatable bonds is 5. The van der Waals surface area contributed by atoms with Gasteiger partial charge in [0.25, 0.3) is 0 Å². The second-order valence-corrected chi connectivity index (χ2v) is 15.0. The van der Waals surface area contributed by atoms with Crippen LogP contribution in [0.25, 0.3) is 0 Å². The van der Waals surface area contributed by atoms with E-state index in [2.05, 4.69) is 57.8 Å². The summed E-state index contributed by atoms with van der Waals surface area (Å²) in [5, 5.41) is 18.0. The summed E-state index contributed by atoms with van der Waals surface area (Å²) in [4.78, 5) is 27.3. The van der Waals surface area contributed by atoms with Crippen molar-refractivity contribution < 1.29 is 14.0 Å². The minimum Gasteiger partial charge on any atom is -0.427 e. The summed E-state index contributed by atoms with van der Waals surface area (Å²) in [5.41, 5.74) is -0.130. The molecule has 4 aliphatic carbocycles. The van der Waals surface area contributed by atoms with Crippen molar-refractivity contribution in [2.45, 2.75) is 112 Å². The molecule has 7 atom stereocenters. The molecule has 39 heavy (non-hydrogen) atoms. The number of nitrogens with zero attached hydrogens (tertiary/aromatic N) is 3. The number of fused-ring (bicyclic) bond motifs is 5. The summed E-state index contributed by atoms with van der Waals surface area (Å²) in [6, 6.07) is 2.19. The minimum atomic E-state index is -0.632. The van der Waals surface area contributed by atoms with Crippen LogP contribution in [0, 0.1) is 50.2 Å². The highest BCUT2D eigenvalue weighted by Crippen LogP contribution is 2.72. The Bertz CT molecular complexity index is 1300. The van der Waals surface area contributed by atoms with Crippen LogP contribution < -0.4 is 0 Å². The number of Topliss-reactive ketones (excluding diaryl/α,β-unsaturated/α-hetero) is 1. The number of ketones is 2. The van der Waals surface area contributed by atoms with E-state index in [1.807, 2.05) is 26.0 Å². The zero-order valence-corrected chi connectivity index (χ0v) is 25.1. The van der Waals surface area contributed by atoms with Crippen molar-refractivity contribution in [1.29, 1.82) is 5.26 Å². The lowest BCUT2D eigenvalue weighted by atomic mass is 9.37. The van der Waals surface area contributed by atoms with Crippen LogP contribution in [0.2, 0.25) is 0 Å². The average molecular weight is 532 g/mol. The van der Waals surface area contributed by atoms with Crippen molar-refractivity contribution in [2.75, 3.05) is 0 Å². The van der Waals surface area contributed by atoms with Crippen molar-refractivity contribution in [3.8, 4) is 6.07 Å². The highest BCUT2D eigenvalue weighted by atomic mass is 16.4. The van der Waals surface area contributed by atoms with Crippen molar-refractivity contribution in [3.63, 3.8) is 0 Å². The van der Waals surface area contributed by atoms with E-state index in [1.54, 1.807) is 0 Å². The van der Waals surface area contributed by atoms with Gasteiger partial charge in [-0.25, -0.2) is 0 Å². The number of carbonyl (C=O) groups excluding carboxylic acids is 2. The molecule has 0 spiro atoms. The second-order valence-electron chi connectivity index (χ2n) is 15.0. The zero-order chi connectivity index (χ0) is 28.6. The van der Waals surface area contributed by atoms with Gasteiger partial charge in [-0.15, -0.1) is 10.2 Å². The lowest BCUT2D eigenvalue weighted by Gasteiger charge is -2.66. The molecule has 6 heteroatoms. The number of allylic oxidation sites excluding steroid dienone is 4. The molecule has 6 nitrogen and oxygen atoms in total. The minimum absolute atomic E-state index is 0.0286. The first kappa shape index (κ1) is 28.0. The smallest absolute Gasteiger partial charge is 0.222 e. The van der Waals surface area contributed by atoms with E-state index in [-0.39, 0.29) is 50.6 Å². The Morgan fingerprint density at radius 2 is 1.85 bits per heavy atom. The summed E-state index contributed by atoms with van der Waals surface area (Å²) >= 11 is 0. The molecule has 1 heterocycles. The maximum absolute atomic E-state index is 14.1. The van der Waals surface area contributed by atoms with Crippen LogP contribution in [-0.2, 0) is 15.0 Å². The van der Waals surface area contributed by atoms with Crippen LogP contribution in [0.4, 0.5) is 0 Å². The van der Waals surface area contributed by atoms with Crippen molar-refractivity contribution >= 4 is 11.6 Å². The molecular weight excluding hydrogens is 486 g/mol. The van der Waals surface area contributed by atoms with Crippen LogP contribution in [0.3, 0.4) is 0 Å². The van der Waals surface area contributed by atoms with Gasteiger partial charge in [-0.2, -0.15) is 5.26 Å². The number of nitriles is 1. The lowest BCUT2D eigenvalue weighted by molar-refractivity contribution is -0.146. The summed E-state index contributed by atoms with van der Waals surface area (Å²) in [6.45, 7) is 17.6. The third-order valence-electron chi connectivity index (χ3n) is 12.6. The fourth-order valence-corrected chi connectivity index (χ4v) is 9.35. The van der Waals surface area contributed by atoms with Gasteiger partial charge in [0.15, 0.2) is 11.6 Å². The van der Waals surface area contributed by atoms with Crippen LogP contribution in [0.1, 0.15) is 113 Å². The SMILES string of the molecule is CCC(C)(CC[C@]1(C)CC[C@]2(C)[C@@H](C1)C(=O)C=C1[C@@]3(C)C=C(C#N)C(=O)C(C)(C)[C@@H]3CC[C@]12C)c1nnco1. The Kier molecular flexibility index (Phi) is 6.26. The monoisotopic (exact) mass is 531 g/mol. The molecule has 1 aromatic rings. The van der Waals surface area contributed by atoms with Gasteiger partial charge in [-0.3, -0.25) is 9.59 Å². The molecule has 1 unspecified atom stereocenters. The molecule has 2 saturated carbocycles. The van der Waals surface area contributed by atoms with E-state index in [0.717, 1.165) is 56.9 Å². The van der Waals surface area contributed by atoms with Crippen molar-refractivity contribution in [1.82, 2.24) is 10.2 Å². The summed E-state index contributed by atoms with van der Waals surface area (Å²) < 4.78 is 5.61. The largest absolute Gasteiger partial charge is 0.427 e. The Morgan fingerprint density at radius 3 is 2.46 bits per heavy atom. The quantitative estimate of drug-likeness (QED) is 0.395. The normalized spacial score (nSPS) is 40.8. The van der Waals surface area contributed by atoms with E-state index in [9.17, 15) is 14.9 Å². The maximum atomic E-state index is 14.1. The Balaban J connectivity index is 1.49. The molecule has 5 rings (SSSR count). The Hall–Kier alpha value is -2.55. The van der Waals surface area contributed by atoms with Gasteiger partial charge in [-0.05, 0) is 79.6 Å². The highest BCUT2D eigenvalue weighted by molar-refractivity contribution is 6.04. The van der Waals surface area contributed by atoms with Gasteiger partial charge < -0.3 is 4.42 Å². The standard InChI is InChI=1S/C33H45N3O3/c1-9-30(5,27-36-35-20-39-27)14-12-29(4)13-15-32(7)22(18-29)23(37)16-25-31(6)17-21(19-34)26(38)28(2,3)24(31)10-11-33(25,32)8/h16-17,20,22,24H,9-15,18H2,1-8H3/t22-,24-,29+,30?,31-,32+,33+/m0/s1. The summed E-state index contributed by atoms with van der Waals surface area (Å²) in [7, 11) is 0. The summed E-state index contributed by atoms with van der Waals surface area (Å²) in [5.74, 6) is 0.920. The predicted octanol–water partition coefficient (Wildman–Crippen LogP) is 7.32. The predicted molar refractivity (Wildman–Crippen MR) is 149 cm³/mol. The van der Waals surface area contributed by atoms with E-state index >= 15 is 0 Å². The van der Waals surface area contributed by atoms with E-state index in [4.69, 9.17) is 4.42 Å². The molecular formula is C33H45N3O3. The molecule has 4 aliphatic rings. The Morgan fingerprint density at radius 1 is 1.13 bits per heavy atom. The number of hydrogen-bond acceptors (Lipinski definition) is 6. The molecule has 0 saturated heterocycles. The molecule has 0 N–H and O–H groups in total. The molecule has 0 aliphatic heterocycles. The van der Waals surface area contributed by atoms with E-state index < -0.39 is 10.8 Å². The first-order valence-corrected chi connectivity index (χ1v) is 14.8. The molecule has 0 radical (unpaired) electrons. The van der Waals surface area contributed by atoms with Gasteiger partial charge >= 0.3 is 0 Å². The van der Waals surface area contributed by atoms with Crippen LogP contribution in [0.5, 0.6) is 0 Å². The molecule has 0 aromatic carbocycles. The van der Waals surface area contributed by atoms with Gasteiger partial charge in [-0.1, -0.05) is 67.0 Å². The van der Waals surface area contributed by atoms with Crippen LogP contribution in [-0.4, -0.2) is 21.8 Å². The molecule has 210 valence electrons. The Labute approximate surface area is 233 Å². The topological polar surface area (TPSA) is 96.8 Å². The molecule has 2 fully saturated rings. The fourth-order valence-electron chi connectivity index (χ4n) is 9.35. The van der Waals surface area contributed by atoms with Crippen LogP contribution >= 0.6 is 0 Å². The number of carbonyl (C=O) groups is 2. The van der Waals surface area contributed by atoms with Crippen LogP contribution in [0.15, 0.2) is 34.1 Å². The molecule has 0 bridgehead atoms. The molecule has 1 aromatic heterocycles. The maximum Gasteiger partial charge on any atom is 0.222 e. The second kappa shape index (κ2) is 8.72. The highest BCUT2D eigenvalue weighted by Gasteiger charge is 2.66. The molecule has 0 amide bonds. The van der Waals surface area contributed by atoms with E-state index in [0.29, 0.717) is 5.89 Å². The van der Waals surface area contributed by atoms with Gasteiger partial charge in [0.1, 0.15) is 6.07 Å². The van der Waals surface area contributed by atoms with Gasteiger partial charge in [0.2, 0.25) is 12.3 Å². The summed E-state index contributed by atoms with van der Waals surface area (Å²) in [6.07, 6.45) is 13.0. The third-order valence-corrected chi connectivity index (χ3v) is 12.6. The van der Waals surface area contributed by atoms with E-state index in [1.165, 1.54) is 6.39 Å². The van der Waals surface area contributed by atoms with Crippen molar-refractivity contribution in [2.24, 2.45) is 38.9 Å². The number of aromatic nitrogens is 2. The van der Waals surface area contributed by atoms with Gasteiger partial charge in [0, 0.05) is 22.2 Å². The zero-order valence-electron chi connectivity index (χ0n) is 25.1. The third kappa shape index (κ3) is 3.78. The average Bonchev–Trinajstić information content (AvgIpc) is 3.44. The number of hydrogen-bond donors (Lipinski definition) is 0.